The molecule has 0 amide bonds. The van der Waals surface area contributed by atoms with Gasteiger partial charge in [0.25, 0.3) is 0 Å². The Balaban J connectivity index is 2.60. The van der Waals surface area contributed by atoms with E-state index in [4.69, 9.17) is 10.5 Å². The molecule has 1 heterocycles. The van der Waals surface area contributed by atoms with Crippen LogP contribution in [0.3, 0.4) is 0 Å². The lowest BCUT2D eigenvalue weighted by molar-refractivity contribution is 0.0946. The monoisotopic (exact) mass is 226 g/mol. The number of ketones is 1. The van der Waals surface area contributed by atoms with Crippen LogP contribution in [0, 0.1) is 5.82 Å². The average molecular weight is 226 g/mol. The second-order valence-corrected chi connectivity index (χ2v) is 3.46. The largest absolute Gasteiger partial charge is 0.385 e. The van der Waals surface area contributed by atoms with Crippen LogP contribution in [0.2, 0.25) is 0 Å². The lowest BCUT2D eigenvalue weighted by atomic mass is 10.0. The molecule has 0 spiro atoms. The van der Waals surface area contributed by atoms with Gasteiger partial charge >= 0.3 is 0 Å². The minimum atomic E-state index is -0.688. The zero-order valence-electron chi connectivity index (χ0n) is 9.15. The molecule has 0 saturated carbocycles. The molecule has 1 aromatic rings. The Morgan fingerprint density at radius 1 is 1.69 bits per heavy atom. The quantitative estimate of drug-likeness (QED) is 0.584. The predicted molar refractivity (Wildman–Crippen MR) is 57.6 cm³/mol. The van der Waals surface area contributed by atoms with Gasteiger partial charge in [0.15, 0.2) is 11.6 Å². The van der Waals surface area contributed by atoms with Gasteiger partial charge in [-0.05, 0) is 18.9 Å². The van der Waals surface area contributed by atoms with Crippen molar-refractivity contribution in [2.24, 2.45) is 5.73 Å². The molecule has 16 heavy (non-hydrogen) atoms. The second-order valence-electron chi connectivity index (χ2n) is 3.46. The van der Waals surface area contributed by atoms with Crippen molar-refractivity contribution in [2.45, 2.75) is 18.9 Å². The van der Waals surface area contributed by atoms with Crippen LogP contribution < -0.4 is 5.73 Å². The summed E-state index contributed by atoms with van der Waals surface area (Å²) in [5.74, 6) is -1.02. The number of hydrogen-bond donors (Lipinski definition) is 1. The smallest absolute Gasteiger partial charge is 0.182 e. The number of aromatic nitrogens is 1. The molecule has 1 unspecified atom stereocenters. The molecule has 0 aliphatic heterocycles. The van der Waals surface area contributed by atoms with Gasteiger partial charge in [0.2, 0.25) is 0 Å². The lowest BCUT2D eigenvalue weighted by Crippen LogP contribution is -2.31. The highest BCUT2D eigenvalue weighted by atomic mass is 19.1. The summed E-state index contributed by atoms with van der Waals surface area (Å²) in [4.78, 5) is 15.3. The first kappa shape index (κ1) is 12.7. The summed E-state index contributed by atoms with van der Waals surface area (Å²) in [6.07, 6.45) is 3.54. The maximum absolute atomic E-state index is 13.2. The normalized spacial score (nSPS) is 12.4. The molecule has 1 atom stereocenters. The van der Waals surface area contributed by atoms with E-state index >= 15 is 0 Å². The first-order chi connectivity index (χ1) is 7.66. The number of halogens is 1. The van der Waals surface area contributed by atoms with Crippen LogP contribution in [0.4, 0.5) is 4.39 Å². The van der Waals surface area contributed by atoms with Crippen LogP contribution in [0.25, 0.3) is 0 Å². The number of hydrogen-bond acceptors (Lipinski definition) is 4. The number of ether oxygens (including phenoxy) is 1. The maximum Gasteiger partial charge on any atom is 0.182 e. The van der Waals surface area contributed by atoms with E-state index in [9.17, 15) is 9.18 Å². The molecule has 0 aliphatic rings. The van der Waals surface area contributed by atoms with Gasteiger partial charge in [-0.25, -0.2) is 4.39 Å². The van der Waals surface area contributed by atoms with Gasteiger partial charge in [-0.3, -0.25) is 9.78 Å². The summed E-state index contributed by atoms with van der Waals surface area (Å²) in [6.45, 7) is 0.541. The number of nitrogens with zero attached hydrogens (tertiary/aromatic N) is 1. The molecule has 5 heteroatoms. The second kappa shape index (κ2) is 6.30. The number of rotatable bonds is 6. The van der Waals surface area contributed by atoms with Gasteiger partial charge in [0, 0.05) is 19.9 Å². The summed E-state index contributed by atoms with van der Waals surface area (Å²) in [6, 6.07) is 0.653. The number of nitrogens with two attached hydrogens (primary N) is 1. The Morgan fingerprint density at radius 3 is 3.06 bits per heavy atom. The van der Waals surface area contributed by atoms with Crippen LogP contribution in [0.1, 0.15) is 23.2 Å². The highest BCUT2D eigenvalue weighted by Crippen LogP contribution is 2.09. The SMILES string of the molecule is COCCCC(N)C(=O)c1ccncc1F. The molecule has 0 saturated heterocycles. The fraction of sp³-hybridized carbons (Fsp3) is 0.455. The molecular formula is C11H15FN2O2. The van der Waals surface area contributed by atoms with Crippen molar-refractivity contribution in [1.29, 1.82) is 0 Å². The highest BCUT2D eigenvalue weighted by Gasteiger charge is 2.18. The number of carbonyl (C=O) groups is 1. The average Bonchev–Trinajstić information content (AvgIpc) is 2.29. The van der Waals surface area contributed by atoms with Crippen molar-refractivity contribution >= 4 is 5.78 Å². The standard InChI is InChI=1S/C11H15FN2O2/c1-16-6-2-3-10(13)11(15)8-4-5-14-7-9(8)12/h4-5,7,10H,2-3,6,13H2,1H3. The van der Waals surface area contributed by atoms with E-state index < -0.39 is 17.6 Å². The van der Waals surface area contributed by atoms with Crippen LogP contribution in [0.5, 0.6) is 0 Å². The molecular weight excluding hydrogens is 211 g/mol. The minimum absolute atomic E-state index is 0.0000770. The van der Waals surface area contributed by atoms with Gasteiger partial charge in [0.1, 0.15) is 0 Å². The zero-order chi connectivity index (χ0) is 12.0. The van der Waals surface area contributed by atoms with Crippen LogP contribution in [-0.2, 0) is 4.74 Å². The van der Waals surface area contributed by atoms with Crippen LogP contribution in [0.15, 0.2) is 18.5 Å². The molecule has 1 rings (SSSR count). The van der Waals surface area contributed by atoms with E-state index in [0.717, 1.165) is 6.20 Å². The van der Waals surface area contributed by atoms with Gasteiger partial charge in [0.05, 0.1) is 17.8 Å². The Bertz CT molecular complexity index is 358. The summed E-state index contributed by atoms with van der Waals surface area (Å²) >= 11 is 0. The zero-order valence-corrected chi connectivity index (χ0v) is 9.15. The molecule has 0 fully saturated rings. The molecule has 0 aromatic carbocycles. The summed E-state index contributed by atoms with van der Waals surface area (Å²) in [5.41, 5.74) is 5.67. The molecule has 0 bridgehead atoms. The van der Waals surface area contributed by atoms with E-state index in [2.05, 4.69) is 4.98 Å². The molecule has 0 radical (unpaired) electrons. The third-order valence-corrected chi connectivity index (χ3v) is 2.24. The minimum Gasteiger partial charge on any atom is -0.385 e. The number of Topliss-reactive ketones (excluding diaryl/α,β-unsaturated/α-hetero) is 1. The summed E-state index contributed by atoms with van der Waals surface area (Å²) in [5, 5.41) is 0. The lowest BCUT2D eigenvalue weighted by Gasteiger charge is -2.10. The molecule has 1 aromatic heterocycles. The molecule has 0 aliphatic carbocycles. The van der Waals surface area contributed by atoms with E-state index in [0.29, 0.717) is 19.4 Å². The van der Waals surface area contributed by atoms with Crippen molar-refractivity contribution in [3.63, 3.8) is 0 Å². The van der Waals surface area contributed by atoms with Crippen molar-refractivity contribution in [1.82, 2.24) is 4.98 Å². The topological polar surface area (TPSA) is 65.2 Å². The Morgan fingerprint density at radius 2 is 2.44 bits per heavy atom. The predicted octanol–water partition coefficient (Wildman–Crippen LogP) is 1.16. The van der Waals surface area contributed by atoms with Gasteiger partial charge in [-0.15, -0.1) is 0 Å². The number of pyridine rings is 1. The third kappa shape index (κ3) is 3.36. The Hall–Kier alpha value is -1.33. The molecule has 4 nitrogen and oxygen atoms in total. The number of methoxy groups -OCH3 is 1. The first-order valence-corrected chi connectivity index (χ1v) is 5.05. The van der Waals surface area contributed by atoms with Gasteiger partial charge in [-0.2, -0.15) is 0 Å². The molecule has 88 valence electrons. The van der Waals surface area contributed by atoms with E-state index in [1.165, 1.54) is 12.3 Å². The van der Waals surface area contributed by atoms with E-state index in [-0.39, 0.29) is 5.56 Å². The third-order valence-electron chi connectivity index (χ3n) is 2.24. The van der Waals surface area contributed by atoms with Gasteiger partial charge < -0.3 is 10.5 Å². The van der Waals surface area contributed by atoms with Crippen molar-refractivity contribution in [3.8, 4) is 0 Å². The van der Waals surface area contributed by atoms with Gasteiger partial charge in [-0.1, -0.05) is 0 Å². The Kier molecular flexibility index (Phi) is 5.01. The first-order valence-electron chi connectivity index (χ1n) is 5.05. The Labute approximate surface area is 93.6 Å². The van der Waals surface area contributed by atoms with Crippen molar-refractivity contribution in [3.05, 3.63) is 29.8 Å². The highest BCUT2D eigenvalue weighted by molar-refractivity contribution is 6.00. The maximum atomic E-state index is 13.2. The number of carbonyl (C=O) groups excluding carboxylic acids is 1. The van der Waals surface area contributed by atoms with E-state index in [1.807, 2.05) is 0 Å². The van der Waals surface area contributed by atoms with E-state index in [1.54, 1.807) is 7.11 Å². The summed E-state index contributed by atoms with van der Waals surface area (Å²) in [7, 11) is 1.58. The molecule has 2 N–H and O–H groups in total. The van der Waals surface area contributed by atoms with Crippen LogP contribution in [-0.4, -0.2) is 30.5 Å². The van der Waals surface area contributed by atoms with Crippen LogP contribution >= 0.6 is 0 Å². The summed E-state index contributed by atoms with van der Waals surface area (Å²) < 4.78 is 18.1. The fourth-order valence-electron chi connectivity index (χ4n) is 1.35. The fourth-order valence-corrected chi connectivity index (χ4v) is 1.35. The van der Waals surface area contributed by atoms with Crippen molar-refractivity contribution in [2.75, 3.05) is 13.7 Å². The van der Waals surface area contributed by atoms with Crippen molar-refractivity contribution < 1.29 is 13.9 Å².